The second kappa shape index (κ2) is 8.20. The van der Waals surface area contributed by atoms with Crippen LogP contribution in [0.15, 0.2) is 30.5 Å². The maximum Gasteiger partial charge on any atom is 0.273 e. The fraction of sp³-hybridized carbons (Fsp3) is 0.308. The smallest absolute Gasteiger partial charge is 0.273 e. The first-order valence-corrected chi connectivity index (χ1v) is 6.68. The first kappa shape index (κ1) is 18.5. The van der Waals surface area contributed by atoms with Gasteiger partial charge in [0.25, 0.3) is 11.6 Å². The summed E-state index contributed by atoms with van der Waals surface area (Å²) < 4.78 is 1.31. The van der Waals surface area contributed by atoms with Gasteiger partial charge in [-0.3, -0.25) is 14.9 Å². The van der Waals surface area contributed by atoms with Crippen molar-refractivity contribution in [3.63, 3.8) is 0 Å². The number of rotatable bonds is 6. The number of nitrogens with two attached hydrogens (primary N) is 1. The summed E-state index contributed by atoms with van der Waals surface area (Å²) in [5.74, 6) is -0.364. The van der Waals surface area contributed by atoms with Crippen molar-refractivity contribution in [2.75, 3.05) is 6.54 Å². The predicted molar refractivity (Wildman–Crippen MR) is 85.9 cm³/mol. The molecule has 0 spiro atoms. The third-order valence-corrected chi connectivity index (χ3v) is 2.92. The van der Waals surface area contributed by atoms with Crippen LogP contribution in [0.3, 0.4) is 0 Å². The summed E-state index contributed by atoms with van der Waals surface area (Å²) in [6.07, 6.45) is 2.07. The van der Waals surface area contributed by atoms with E-state index in [1.165, 1.54) is 29.1 Å². The molecular weight excluding hydrogens is 324 g/mol. The normalized spacial score (nSPS) is 11.4. The number of nitro benzene ring substituents is 1. The fourth-order valence-corrected chi connectivity index (χ4v) is 1.75. The molecule has 23 heavy (non-hydrogen) atoms. The molecule has 2 aromatic rings. The third kappa shape index (κ3) is 5.01. The molecule has 0 radical (unpaired) electrons. The highest BCUT2D eigenvalue weighted by Crippen LogP contribution is 2.15. The molecule has 0 bridgehead atoms. The van der Waals surface area contributed by atoms with E-state index in [0.29, 0.717) is 18.7 Å². The minimum absolute atomic E-state index is 0. The van der Waals surface area contributed by atoms with Gasteiger partial charge < -0.3 is 11.1 Å². The van der Waals surface area contributed by atoms with E-state index < -0.39 is 4.92 Å². The van der Waals surface area contributed by atoms with Gasteiger partial charge in [0, 0.05) is 24.7 Å². The summed E-state index contributed by atoms with van der Waals surface area (Å²) in [6.45, 7) is 2.30. The van der Waals surface area contributed by atoms with Gasteiger partial charge in [-0.1, -0.05) is 11.3 Å². The lowest BCUT2D eigenvalue weighted by atomic mass is 10.2. The molecule has 1 heterocycles. The summed E-state index contributed by atoms with van der Waals surface area (Å²) in [5.41, 5.74) is 6.13. The van der Waals surface area contributed by atoms with Crippen LogP contribution in [0.5, 0.6) is 0 Å². The van der Waals surface area contributed by atoms with E-state index in [4.69, 9.17) is 5.73 Å². The minimum Gasteiger partial charge on any atom is -0.351 e. The fourth-order valence-electron chi connectivity index (χ4n) is 1.75. The number of hydrogen-bond acceptors (Lipinski definition) is 6. The number of non-ortho nitro benzene ring substituents is 1. The molecule has 0 aliphatic rings. The highest BCUT2D eigenvalue weighted by atomic mass is 35.5. The van der Waals surface area contributed by atoms with Gasteiger partial charge in [-0.2, -0.15) is 0 Å². The lowest BCUT2D eigenvalue weighted by Gasteiger charge is -2.05. The van der Waals surface area contributed by atoms with Gasteiger partial charge in [0.2, 0.25) is 0 Å². The van der Waals surface area contributed by atoms with Crippen LogP contribution in [0.25, 0.3) is 5.69 Å². The molecule has 10 heteroatoms. The molecule has 1 aromatic heterocycles. The van der Waals surface area contributed by atoms with Gasteiger partial charge in [0.05, 0.1) is 16.8 Å². The second-order valence-electron chi connectivity index (χ2n) is 4.85. The van der Waals surface area contributed by atoms with Gasteiger partial charge in [-0.25, -0.2) is 4.68 Å². The molecule has 0 aliphatic carbocycles. The van der Waals surface area contributed by atoms with Crippen molar-refractivity contribution in [2.24, 2.45) is 5.73 Å². The average molecular weight is 341 g/mol. The van der Waals surface area contributed by atoms with Crippen molar-refractivity contribution in [2.45, 2.75) is 19.4 Å². The molecule has 0 aliphatic heterocycles. The molecule has 1 atom stereocenters. The largest absolute Gasteiger partial charge is 0.351 e. The first-order chi connectivity index (χ1) is 10.5. The molecule has 1 amide bonds. The van der Waals surface area contributed by atoms with E-state index in [0.717, 1.165) is 0 Å². The zero-order valence-corrected chi connectivity index (χ0v) is 13.2. The van der Waals surface area contributed by atoms with E-state index in [2.05, 4.69) is 15.6 Å². The number of carbonyl (C=O) groups is 1. The van der Waals surface area contributed by atoms with Gasteiger partial charge in [0.15, 0.2) is 5.69 Å². The van der Waals surface area contributed by atoms with E-state index >= 15 is 0 Å². The quantitative estimate of drug-likeness (QED) is 0.597. The maximum atomic E-state index is 11.9. The number of nitro groups is 1. The third-order valence-electron chi connectivity index (χ3n) is 2.92. The average Bonchev–Trinajstić information content (AvgIpc) is 2.96. The van der Waals surface area contributed by atoms with Crippen LogP contribution < -0.4 is 11.1 Å². The zero-order valence-electron chi connectivity index (χ0n) is 12.4. The molecule has 124 valence electrons. The number of benzene rings is 1. The van der Waals surface area contributed by atoms with Crippen LogP contribution in [0.2, 0.25) is 0 Å². The molecule has 0 saturated heterocycles. The minimum atomic E-state index is -0.498. The molecule has 0 fully saturated rings. The van der Waals surface area contributed by atoms with Crippen molar-refractivity contribution in [3.05, 3.63) is 46.3 Å². The Morgan fingerprint density at radius 1 is 1.52 bits per heavy atom. The Hall–Kier alpha value is -2.52. The van der Waals surface area contributed by atoms with E-state index in [1.807, 2.05) is 6.92 Å². The van der Waals surface area contributed by atoms with Crippen LogP contribution >= 0.6 is 12.4 Å². The summed E-state index contributed by atoms with van der Waals surface area (Å²) in [5, 5.41) is 21.0. The van der Waals surface area contributed by atoms with Gasteiger partial charge in [0.1, 0.15) is 0 Å². The van der Waals surface area contributed by atoms with E-state index in [-0.39, 0.29) is 35.7 Å². The molecule has 2 rings (SSSR count). The Balaban J connectivity index is 0.00000264. The lowest BCUT2D eigenvalue weighted by Crippen LogP contribution is -2.29. The predicted octanol–water partition coefficient (Wildman–Crippen LogP) is 1.06. The molecule has 1 aromatic carbocycles. The van der Waals surface area contributed by atoms with Crippen LogP contribution in [-0.4, -0.2) is 38.4 Å². The number of nitrogens with zero attached hydrogens (tertiary/aromatic N) is 4. The summed E-state index contributed by atoms with van der Waals surface area (Å²) in [7, 11) is 0. The topological polar surface area (TPSA) is 129 Å². The number of amides is 1. The van der Waals surface area contributed by atoms with Crippen LogP contribution in [-0.2, 0) is 0 Å². The number of halogens is 1. The first-order valence-electron chi connectivity index (χ1n) is 6.68. The Kier molecular flexibility index (Phi) is 6.61. The Labute approximate surface area is 138 Å². The van der Waals surface area contributed by atoms with Crippen molar-refractivity contribution >= 4 is 24.0 Å². The van der Waals surface area contributed by atoms with Crippen LogP contribution in [0, 0.1) is 10.1 Å². The van der Waals surface area contributed by atoms with Gasteiger partial charge in [-0.15, -0.1) is 17.5 Å². The standard InChI is InChI=1S/C13H16N6O3.ClH/c1-9(14)5-6-15-13(20)12-8-18(17-16-12)10-3-2-4-11(7-10)19(21)22;/h2-4,7-9H,5-6,14H2,1H3,(H,15,20);1H. The number of carbonyl (C=O) groups excluding carboxylic acids is 1. The summed E-state index contributed by atoms with van der Waals surface area (Å²) in [6, 6.07) is 5.91. The second-order valence-corrected chi connectivity index (χ2v) is 4.85. The maximum absolute atomic E-state index is 11.9. The molecule has 1 unspecified atom stereocenters. The van der Waals surface area contributed by atoms with Crippen LogP contribution in [0.1, 0.15) is 23.8 Å². The Morgan fingerprint density at radius 3 is 2.91 bits per heavy atom. The molecule has 3 N–H and O–H groups in total. The van der Waals surface area contributed by atoms with Crippen molar-refractivity contribution in [1.82, 2.24) is 20.3 Å². The van der Waals surface area contributed by atoms with Gasteiger partial charge >= 0.3 is 0 Å². The van der Waals surface area contributed by atoms with Gasteiger partial charge in [-0.05, 0) is 19.4 Å². The number of nitrogens with one attached hydrogen (secondary N) is 1. The Bertz CT molecular complexity index is 688. The monoisotopic (exact) mass is 340 g/mol. The van der Waals surface area contributed by atoms with Crippen LogP contribution in [0.4, 0.5) is 5.69 Å². The molecule has 9 nitrogen and oxygen atoms in total. The molecular formula is C13H17ClN6O3. The molecule has 0 saturated carbocycles. The zero-order chi connectivity index (χ0) is 16.1. The van der Waals surface area contributed by atoms with Crippen molar-refractivity contribution < 1.29 is 9.72 Å². The van der Waals surface area contributed by atoms with Crippen molar-refractivity contribution in [1.29, 1.82) is 0 Å². The van der Waals surface area contributed by atoms with E-state index in [1.54, 1.807) is 6.07 Å². The number of aromatic nitrogens is 3. The van der Waals surface area contributed by atoms with E-state index in [9.17, 15) is 14.9 Å². The lowest BCUT2D eigenvalue weighted by molar-refractivity contribution is -0.384. The highest BCUT2D eigenvalue weighted by Gasteiger charge is 2.13. The summed E-state index contributed by atoms with van der Waals surface area (Å²) in [4.78, 5) is 22.1. The Morgan fingerprint density at radius 2 is 2.26 bits per heavy atom. The number of hydrogen-bond donors (Lipinski definition) is 2. The summed E-state index contributed by atoms with van der Waals surface area (Å²) >= 11 is 0. The highest BCUT2D eigenvalue weighted by molar-refractivity contribution is 5.91. The SMILES string of the molecule is CC(N)CCNC(=O)c1cn(-c2cccc([N+](=O)[O-])c2)nn1.Cl. The van der Waals surface area contributed by atoms with Crippen molar-refractivity contribution in [3.8, 4) is 5.69 Å².